The van der Waals surface area contributed by atoms with Crippen molar-refractivity contribution in [3.05, 3.63) is 93.7 Å². The highest BCUT2D eigenvalue weighted by molar-refractivity contribution is 7.91. The molecule has 1 aromatic carbocycles. The monoisotopic (exact) mass is 910 g/mol. The van der Waals surface area contributed by atoms with E-state index in [1.54, 1.807) is 61.6 Å². The van der Waals surface area contributed by atoms with Crippen LogP contribution < -0.4 is 20.0 Å². The quantitative estimate of drug-likeness (QED) is 0.0343. The summed E-state index contributed by atoms with van der Waals surface area (Å²) < 4.78 is 71.6. The van der Waals surface area contributed by atoms with Gasteiger partial charge >= 0.3 is 28.5 Å². The smallest absolute Gasteiger partial charge is 0.414 e. The standard InChI is InChI=1S/C47H62N2O14S/c1-7-39-46(4)45(58-34(3)50)47(5,62-39)42(37(61-46)29-23-17-16-22-28-36-33(2)38(56-6)32-41(52)59-36)60-40(51)30-24-15-13-11-9-8-10-12-14-18-25-31-57-43-44(49(53)63-48-43)64(54,55)35-26-20-19-21-27-35/h16-17,19-23,26-29,32,37,39,42,45H,7-15,18,24-25,30-31H2,1-6H3/b17-16+,28-22+,29-23+/t37-,39+,42-,45+,46-,47+/m0/s1. The largest absolute Gasteiger partial charge is 0.496 e. The number of sulfone groups is 1. The summed E-state index contributed by atoms with van der Waals surface area (Å²) in [4.78, 5) is 37.4. The van der Waals surface area contributed by atoms with E-state index in [1.807, 2.05) is 20.8 Å². The van der Waals surface area contributed by atoms with Crippen LogP contribution in [0.25, 0.3) is 6.08 Å². The van der Waals surface area contributed by atoms with Gasteiger partial charge in [0.25, 0.3) is 9.84 Å². The zero-order chi connectivity index (χ0) is 46.3. The fourth-order valence-electron chi connectivity index (χ4n) is 8.41. The minimum Gasteiger partial charge on any atom is -0.496 e. The molecule has 0 radical (unpaired) electrons. The average molecular weight is 911 g/mol. The van der Waals surface area contributed by atoms with Gasteiger partial charge in [-0.1, -0.05) is 113 Å². The van der Waals surface area contributed by atoms with Crippen LogP contribution in [-0.2, 0) is 38.4 Å². The lowest BCUT2D eigenvalue weighted by Crippen LogP contribution is -2.66. The van der Waals surface area contributed by atoms with E-state index in [-0.39, 0.29) is 34.7 Å². The molecule has 2 aromatic heterocycles. The SMILES string of the molecule is CC[C@H]1O[C@@]2(C)[C@H](OC(C)=O)[C@@]1(C)O[C@@H](/C=C/C=C/C=C/c1oc(=O)cc(OC)c1C)[C@@H]2OC(=O)CCCCCCCCCCCCCOc1no[n+]([O-])c1S(=O)(=O)c1ccccc1. The van der Waals surface area contributed by atoms with Gasteiger partial charge in [0, 0.05) is 18.9 Å². The molecule has 0 unspecified atom stereocenters. The summed E-state index contributed by atoms with van der Waals surface area (Å²) in [6.45, 7) is 9.00. The summed E-state index contributed by atoms with van der Waals surface area (Å²) in [6, 6.07) is 8.87. The van der Waals surface area contributed by atoms with E-state index >= 15 is 0 Å². The number of aromatic nitrogens is 2. The highest BCUT2D eigenvalue weighted by Crippen LogP contribution is 2.52. The van der Waals surface area contributed by atoms with Crippen LogP contribution in [0, 0.1) is 12.1 Å². The Bertz CT molecular complexity index is 2270. The molecule has 17 heteroatoms. The van der Waals surface area contributed by atoms with Gasteiger partial charge in [0.2, 0.25) is 0 Å². The van der Waals surface area contributed by atoms with E-state index in [4.69, 9.17) is 32.8 Å². The van der Waals surface area contributed by atoms with Crippen molar-refractivity contribution in [1.82, 2.24) is 5.16 Å². The molecule has 2 fully saturated rings. The van der Waals surface area contributed by atoms with Gasteiger partial charge < -0.3 is 38.0 Å². The molecule has 0 amide bonds. The fourth-order valence-corrected chi connectivity index (χ4v) is 9.71. The van der Waals surface area contributed by atoms with Crippen molar-refractivity contribution in [2.45, 2.75) is 164 Å². The molecule has 6 atom stereocenters. The normalized spacial score (nSPS) is 23.3. The number of methoxy groups -OCH3 is 1. The molecule has 3 aromatic rings. The lowest BCUT2D eigenvalue weighted by molar-refractivity contribution is -0.832. The predicted molar refractivity (Wildman–Crippen MR) is 234 cm³/mol. The number of hydrogen-bond acceptors (Lipinski definition) is 15. The first-order valence-corrected chi connectivity index (χ1v) is 23.6. The average Bonchev–Trinajstić information content (AvgIpc) is 3.71. The Kier molecular flexibility index (Phi) is 17.9. The zero-order valence-corrected chi connectivity index (χ0v) is 38.5. The summed E-state index contributed by atoms with van der Waals surface area (Å²) in [5.41, 5.74) is -1.97. The molecule has 16 nitrogen and oxygen atoms in total. The summed E-state index contributed by atoms with van der Waals surface area (Å²) in [5, 5.41) is 14.9. The summed E-state index contributed by atoms with van der Waals surface area (Å²) in [6.07, 6.45) is 19.0. The minimum absolute atomic E-state index is 0.0522. The Labute approximate surface area is 375 Å². The molecule has 64 heavy (non-hydrogen) atoms. The van der Waals surface area contributed by atoms with Crippen LogP contribution in [0.15, 0.2) is 90.5 Å². The van der Waals surface area contributed by atoms with Crippen LogP contribution in [0.1, 0.15) is 122 Å². The third kappa shape index (κ3) is 12.3. The van der Waals surface area contributed by atoms with Gasteiger partial charge in [0.1, 0.15) is 28.8 Å². The minimum atomic E-state index is -4.15. The van der Waals surface area contributed by atoms with E-state index in [1.165, 1.54) is 32.2 Å². The molecule has 2 saturated heterocycles. The van der Waals surface area contributed by atoms with Gasteiger partial charge in [-0.05, 0) is 63.1 Å². The van der Waals surface area contributed by atoms with Crippen molar-refractivity contribution in [3.8, 4) is 11.6 Å². The van der Waals surface area contributed by atoms with Gasteiger partial charge in [0.15, 0.2) is 12.2 Å². The number of nitrogens with zero attached hydrogens (tertiary/aromatic N) is 2. The molecule has 2 aliphatic rings. The molecule has 2 aliphatic heterocycles. The van der Waals surface area contributed by atoms with Crippen LogP contribution in [0.2, 0.25) is 0 Å². The summed E-state index contributed by atoms with van der Waals surface area (Å²) in [7, 11) is -2.66. The lowest BCUT2D eigenvalue weighted by Gasteiger charge is -2.48. The van der Waals surface area contributed by atoms with Crippen LogP contribution in [-0.4, -0.2) is 74.8 Å². The van der Waals surface area contributed by atoms with E-state index in [9.17, 15) is 28.0 Å². The molecule has 0 saturated carbocycles. The first-order chi connectivity index (χ1) is 30.6. The topological polar surface area (TPSA) is 207 Å². The number of fused-ring (bicyclic) bond motifs is 2. The highest BCUT2D eigenvalue weighted by Gasteiger charge is 2.71. The maximum Gasteiger partial charge on any atom is 0.414 e. The van der Waals surface area contributed by atoms with Gasteiger partial charge in [-0.25, -0.2) is 13.2 Å². The molecule has 5 rings (SSSR count). The van der Waals surface area contributed by atoms with Crippen molar-refractivity contribution >= 4 is 27.9 Å². The van der Waals surface area contributed by atoms with Crippen LogP contribution in [0.4, 0.5) is 0 Å². The maximum absolute atomic E-state index is 13.4. The number of hydrogen-bond donors (Lipinski definition) is 0. The zero-order valence-electron chi connectivity index (χ0n) is 37.7. The van der Waals surface area contributed by atoms with Gasteiger partial charge in [-0.2, -0.15) is 0 Å². The Morgan fingerprint density at radius 2 is 1.53 bits per heavy atom. The molecular weight excluding hydrogens is 849 g/mol. The number of rotatable bonds is 25. The molecule has 350 valence electrons. The van der Waals surface area contributed by atoms with Crippen molar-refractivity contribution in [2.24, 2.45) is 0 Å². The number of benzene rings is 1. The number of esters is 2. The Morgan fingerprint density at radius 1 is 0.891 bits per heavy atom. The number of unbranched alkanes of at least 4 members (excludes halogenated alkanes) is 10. The summed E-state index contributed by atoms with van der Waals surface area (Å²) in [5.74, 6) is -0.383. The van der Waals surface area contributed by atoms with Crippen molar-refractivity contribution in [1.29, 1.82) is 0 Å². The van der Waals surface area contributed by atoms with Crippen LogP contribution in [0.5, 0.6) is 11.6 Å². The fraction of sp³-hybridized carbons (Fsp3) is 0.553. The molecule has 0 N–H and O–H groups in total. The van der Waals surface area contributed by atoms with Crippen molar-refractivity contribution in [3.63, 3.8) is 0 Å². The number of allylic oxidation sites excluding steroid dienone is 4. The Morgan fingerprint density at radius 3 is 2.17 bits per heavy atom. The van der Waals surface area contributed by atoms with E-state index in [0.29, 0.717) is 36.3 Å². The third-order valence-corrected chi connectivity index (χ3v) is 13.4. The number of ether oxygens (including phenoxy) is 6. The first kappa shape index (κ1) is 49.8. The van der Waals surface area contributed by atoms with Gasteiger partial charge in [0.05, 0.1) is 35.9 Å². The van der Waals surface area contributed by atoms with E-state index in [0.717, 1.165) is 57.8 Å². The Balaban J connectivity index is 1.02. The van der Waals surface area contributed by atoms with Crippen molar-refractivity contribution in [2.75, 3.05) is 13.7 Å². The van der Waals surface area contributed by atoms with Crippen molar-refractivity contribution < 1.29 is 60.4 Å². The predicted octanol–water partition coefficient (Wildman–Crippen LogP) is 7.87. The van der Waals surface area contributed by atoms with Crippen LogP contribution in [0.3, 0.4) is 0 Å². The molecule has 0 aliphatic carbocycles. The third-order valence-electron chi connectivity index (χ3n) is 11.7. The molecule has 0 spiro atoms. The maximum atomic E-state index is 13.4. The first-order valence-electron chi connectivity index (χ1n) is 22.1. The lowest BCUT2D eigenvalue weighted by atomic mass is 9.77. The van der Waals surface area contributed by atoms with Gasteiger partial charge in [-0.15, -0.1) is 0 Å². The highest BCUT2D eigenvalue weighted by atomic mass is 32.2. The molecule has 2 bridgehead atoms. The second kappa shape index (κ2) is 23.1. The second-order valence-electron chi connectivity index (χ2n) is 16.5. The summed E-state index contributed by atoms with van der Waals surface area (Å²) >= 11 is 0. The number of carbonyl (C=O) groups excluding carboxylic acids is 2. The Hall–Kier alpha value is -5.26. The molecule has 4 heterocycles. The number of carbonyl (C=O) groups is 2. The van der Waals surface area contributed by atoms with Gasteiger partial charge in [-0.3, -0.25) is 14.2 Å². The second-order valence-corrected chi connectivity index (χ2v) is 18.3. The van der Waals surface area contributed by atoms with Crippen LogP contribution >= 0.6 is 0 Å². The molecular formula is C47H62N2O14S. The van der Waals surface area contributed by atoms with E-state index < -0.39 is 62.1 Å². The van der Waals surface area contributed by atoms with E-state index in [2.05, 4.69) is 9.79 Å².